The highest BCUT2D eigenvalue weighted by atomic mass is 19.1. The van der Waals surface area contributed by atoms with Crippen molar-refractivity contribution in [2.24, 2.45) is 0 Å². The first-order chi connectivity index (χ1) is 5.18. The van der Waals surface area contributed by atoms with Gasteiger partial charge in [0.1, 0.15) is 5.83 Å². The minimum atomic E-state index is -0.0989. The zero-order valence-electron chi connectivity index (χ0n) is 6.88. The van der Waals surface area contributed by atoms with Crippen molar-refractivity contribution in [2.45, 2.75) is 32.5 Å². The third kappa shape index (κ3) is 2.85. The summed E-state index contributed by atoms with van der Waals surface area (Å²) in [6, 6.07) is 0. The molecule has 0 bridgehead atoms. The molecule has 1 aliphatic carbocycles. The second-order valence-electron chi connectivity index (χ2n) is 2.93. The first-order valence-electron chi connectivity index (χ1n) is 3.87. The van der Waals surface area contributed by atoms with Gasteiger partial charge >= 0.3 is 0 Å². The average molecular weight is 156 g/mol. The number of hydrogen-bond donors (Lipinski definition) is 0. The summed E-state index contributed by atoms with van der Waals surface area (Å²) in [6.45, 7) is 3.90. The van der Waals surface area contributed by atoms with Crippen LogP contribution in [0.2, 0.25) is 0 Å². The van der Waals surface area contributed by atoms with Crippen LogP contribution in [0.4, 0.5) is 4.39 Å². The molecule has 0 heterocycles. The minimum Gasteiger partial charge on any atom is -0.371 e. The Kier molecular flexibility index (Phi) is 2.83. The molecule has 0 N–H and O–H groups in total. The van der Waals surface area contributed by atoms with Crippen LogP contribution in [0.15, 0.2) is 24.1 Å². The second kappa shape index (κ2) is 3.67. The molecular weight excluding hydrogens is 143 g/mol. The summed E-state index contributed by atoms with van der Waals surface area (Å²) < 4.78 is 18.0. The van der Waals surface area contributed by atoms with Gasteiger partial charge in [0, 0.05) is 6.42 Å². The van der Waals surface area contributed by atoms with Crippen molar-refractivity contribution in [3.63, 3.8) is 0 Å². The van der Waals surface area contributed by atoms with Gasteiger partial charge in [-0.05, 0) is 19.9 Å². The maximum atomic E-state index is 12.6. The van der Waals surface area contributed by atoms with E-state index in [1.54, 1.807) is 6.08 Å². The fourth-order valence-corrected chi connectivity index (χ4v) is 1.06. The third-order valence-electron chi connectivity index (χ3n) is 1.45. The van der Waals surface area contributed by atoms with Gasteiger partial charge in [-0.2, -0.15) is 0 Å². The molecule has 0 fully saturated rings. The van der Waals surface area contributed by atoms with Gasteiger partial charge in [0.05, 0.1) is 12.2 Å². The van der Waals surface area contributed by atoms with Crippen LogP contribution in [0.1, 0.15) is 20.3 Å². The molecule has 0 aromatic rings. The van der Waals surface area contributed by atoms with Crippen LogP contribution in [-0.4, -0.2) is 12.2 Å². The molecule has 0 aliphatic heterocycles. The van der Waals surface area contributed by atoms with E-state index in [9.17, 15) is 4.39 Å². The lowest BCUT2D eigenvalue weighted by Crippen LogP contribution is -2.16. The van der Waals surface area contributed by atoms with Crippen molar-refractivity contribution in [1.82, 2.24) is 0 Å². The van der Waals surface area contributed by atoms with Crippen molar-refractivity contribution in [2.75, 3.05) is 0 Å². The Morgan fingerprint density at radius 3 is 2.91 bits per heavy atom. The summed E-state index contributed by atoms with van der Waals surface area (Å²) in [5, 5.41) is 0. The number of hydrogen-bond acceptors (Lipinski definition) is 1. The Bertz CT molecular complexity index is 182. The Balaban J connectivity index is 2.40. The topological polar surface area (TPSA) is 9.23 Å². The van der Waals surface area contributed by atoms with Gasteiger partial charge in [0.25, 0.3) is 0 Å². The van der Waals surface area contributed by atoms with E-state index >= 15 is 0 Å². The second-order valence-corrected chi connectivity index (χ2v) is 2.93. The molecule has 0 radical (unpaired) electrons. The normalized spacial score (nSPS) is 24.0. The van der Waals surface area contributed by atoms with Gasteiger partial charge in [0.2, 0.25) is 0 Å². The van der Waals surface area contributed by atoms with Crippen LogP contribution in [0.3, 0.4) is 0 Å². The van der Waals surface area contributed by atoms with Gasteiger partial charge in [-0.25, -0.2) is 4.39 Å². The average Bonchev–Trinajstić information content (AvgIpc) is 1.85. The van der Waals surface area contributed by atoms with Crippen LogP contribution in [-0.2, 0) is 4.74 Å². The Morgan fingerprint density at radius 2 is 2.36 bits per heavy atom. The van der Waals surface area contributed by atoms with Gasteiger partial charge < -0.3 is 4.74 Å². The zero-order chi connectivity index (χ0) is 8.27. The number of ether oxygens (including phenoxy) is 1. The van der Waals surface area contributed by atoms with E-state index in [2.05, 4.69) is 0 Å². The molecule has 1 unspecified atom stereocenters. The molecule has 1 nitrogen and oxygen atoms in total. The third-order valence-corrected chi connectivity index (χ3v) is 1.45. The van der Waals surface area contributed by atoms with Gasteiger partial charge in [-0.1, -0.05) is 12.2 Å². The minimum absolute atomic E-state index is 0.0694. The van der Waals surface area contributed by atoms with E-state index < -0.39 is 0 Å². The van der Waals surface area contributed by atoms with Crippen LogP contribution in [0, 0.1) is 0 Å². The highest BCUT2D eigenvalue weighted by molar-refractivity contribution is 5.16. The first kappa shape index (κ1) is 8.47. The van der Waals surface area contributed by atoms with Gasteiger partial charge in [0.15, 0.2) is 0 Å². The smallest absolute Gasteiger partial charge is 0.103 e. The predicted octanol–water partition coefficient (Wildman–Crippen LogP) is 2.59. The summed E-state index contributed by atoms with van der Waals surface area (Å²) in [7, 11) is 0. The monoisotopic (exact) mass is 156 g/mol. The van der Waals surface area contributed by atoms with Crippen molar-refractivity contribution in [3.8, 4) is 0 Å². The highest BCUT2D eigenvalue weighted by Gasteiger charge is 2.12. The highest BCUT2D eigenvalue weighted by Crippen LogP contribution is 2.17. The SMILES string of the molecule is CC(C)OC1C=CC=C(F)C1. The van der Waals surface area contributed by atoms with Crippen LogP contribution in [0.5, 0.6) is 0 Å². The van der Waals surface area contributed by atoms with Crippen LogP contribution in [0.25, 0.3) is 0 Å². The van der Waals surface area contributed by atoms with E-state index in [0.29, 0.717) is 6.42 Å². The molecule has 62 valence electrons. The molecule has 0 amide bonds. The van der Waals surface area contributed by atoms with Crippen molar-refractivity contribution < 1.29 is 9.13 Å². The van der Waals surface area contributed by atoms with Crippen molar-refractivity contribution in [1.29, 1.82) is 0 Å². The lowest BCUT2D eigenvalue weighted by Gasteiger charge is -2.17. The molecule has 0 spiro atoms. The summed E-state index contributed by atoms with van der Waals surface area (Å²) in [6.07, 6.45) is 5.53. The molecular formula is C9H13FO. The molecule has 11 heavy (non-hydrogen) atoms. The molecule has 2 heteroatoms. The molecule has 0 saturated carbocycles. The van der Waals surface area contributed by atoms with Crippen LogP contribution < -0.4 is 0 Å². The van der Waals surface area contributed by atoms with E-state index in [0.717, 1.165) is 0 Å². The summed E-state index contributed by atoms with van der Waals surface area (Å²) in [5.41, 5.74) is 0. The lowest BCUT2D eigenvalue weighted by molar-refractivity contribution is 0.0325. The predicted molar refractivity (Wildman–Crippen MR) is 43.0 cm³/mol. The maximum Gasteiger partial charge on any atom is 0.103 e. The molecule has 1 rings (SSSR count). The molecule has 1 aliphatic rings. The van der Waals surface area contributed by atoms with E-state index in [-0.39, 0.29) is 18.0 Å². The van der Waals surface area contributed by atoms with Crippen molar-refractivity contribution >= 4 is 0 Å². The Hall–Kier alpha value is -0.630. The number of halogens is 1. The number of allylic oxidation sites excluding steroid dienone is 2. The van der Waals surface area contributed by atoms with E-state index in [4.69, 9.17) is 4.74 Å². The molecule has 0 saturated heterocycles. The standard InChI is InChI=1S/C9H13FO/c1-7(2)11-9-5-3-4-8(10)6-9/h3-5,7,9H,6H2,1-2H3. The largest absolute Gasteiger partial charge is 0.371 e. The van der Waals surface area contributed by atoms with Gasteiger partial charge in [-0.15, -0.1) is 0 Å². The molecule has 0 aromatic heterocycles. The summed E-state index contributed by atoms with van der Waals surface area (Å²) in [4.78, 5) is 0. The Labute approximate surface area is 66.6 Å². The summed E-state index contributed by atoms with van der Waals surface area (Å²) in [5.74, 6) is -0.0989. The zero-order valence-corrected chi connectivity index (χ0v) is 6.88. The van der Waals surface area contributed by atoms with E-state index in [1.165, 1.54) is 6.08 Å². The van der Waals surface area contributed by atoms with Crippen molar-refractivity contribution in [3.05, 3.63) is 24.1 Å². The van der Waals surface area contributed by atoms with E-state index in [1.807, 2.05) is 19.9 Å². The fourth-order valence-electron chi connectivity index (χ4n) is 1.06. The quantitative estimate of drug-likeness (QED) is 0.597. The lowest BCUT2D eigenvalue weighted by atomic mass is 10.1. The maximum absolute atomic E-state index is 12.6. The molecule has 0 aromatic carbocycles. The Morgan fingerprint density at radius 1 is 1.64 bits per heavy atom. The van der Waals surface area contributed by atoms with Gasteiger partial charge in [-0.3, -0.25) is 0 Å². The first-order valence-corrected chi connectivity index (χ1v) is 3.87. The molecule has 1 atom stereocenters. The number of rotatable bonds is 2. The summed E-state index contributed by atoms with van der Waals surface area (Å²) >= 11 is 0. The fraction of sp³-hybridized carbons (Fsp3) is 0.556. The van der Waals surface area contributed by atoms with Crippen LogP contribution >= 0.6 is 0 Å².